The van der Waals surface area contributed by atoms with Crippen LogP contribution in [0.2, 0.25) is 0 Å². The van der Waals surface area contributed by atoms with E-state index in [0.29, 0.717) is 5.92 Å². The van der Waals surface area contributed by atoms with Gasteiger partial charge in [-0.3, -0.25) is 0 Å². The maximum Gasteiger partial charge on any atom is 0.143 e. The van der Waals surface area contributed by atoms with Crippen molar-refractivity contribution in [3.63, 3.8) is 0 Å². The lowest BCUT2D eigenvalue weighted by atomic mass is 9.91. The highest BCUT2D eigenvalue weighted by Gasteiger charge is 2.26. The lowest BCUT2D eigenvalue weighted by molar-refractivity contribution is 0.617. The topological polar surface area (TPSA) is 16.4 Å². The van der Waals surface area contributed by atoms with Gasteiger partial charge < -0.3 is 9.32 Å². The van der Waals surface area contributed by atoms with Crippen LogP contribution in [0.1, 0.15) is 41.9 Å². The third-order valence-electron chi connectivity index (χ3n) is 11.7. The molecule has 0 saturated carbocycles. The van der Waals surface area contributed by atoms with E-state index in [9.17, 15) is 0 Å². The summed E-state index contributed by atoms with van der Waals surface area (Å²) in [5.74, 6) is 0.331. The molecular weight excluding hydrogens is 679 g/mol. The van der Waals surface area contributed by atoms with E-state index in [-0.39, 0.29) is 12.1 Å². The van der Waals surface area contributed by atoms with Gasteiger partial charge in [-0.25, -0.2) is 0 Å². The summed E-state index contributed by atoms with van der Waals surface area (Å²) in [6.45, 7) is 0. The Kier molecular flexibility index (Phi) is 9.01. The maximum atomic E-state index is 6.75. The molecule has 10 rings (SSSR count). The smallest absolute Gasteiger partial charge is 0.143 e. The van der Waals surface area contributed by atoms with E-state index >= 15 is 0 Å². The minimum absolute atomic E-state index is 0.252. The van der Waals surface area contributed by atoms with Crippen LogP contribution in [-0.4, -0.2) is 12.1 Å². The van der Waals surface area contributed by atoms with E-state index in [1.165, 1.54) is 50.0 Å². The van der Waals surface area contributed by atoms with E-state index < -0.39 is 0 Å². The number of furan rings is 1. The quantitative estimate of drug-likeness (QED) is 0.155. The number of para-hydroxylation sites is 2. The van der Waals surface area contributed by atoms with Crippen LogP contribution in [-0.2, 0) is 0 Å². The number of fused-ring (bicyclic) bond motifs is 3. The van der Waals surface area contributed by atoms with E-state index in [1.807, 2.05) is 0 Å². The normalized spacial score (nSPS) is 19.0. The standard InChI is InChI=1S/C54H43NO/c1-4-12-38(13-5-1)41-26-32-46(33-27-41)55(47-34-28-42(29-35-47)39-14-6-2-7-15-39)48-36-30-43(31-37-48)40-22-24-45(25-23-40)50-19-11-21-52-51-20-10-18-49(53(51)56-54(50)52)44-16-8-3-9-17-44/h1-16,18-32,34,36-37,44,46-47H,17,33,35H2. The first-order valence-electron chi connectivity index (χ1n) is 19.9. The van der Waals surface area contributed by atoms with Gasteiger partial charge in [0.25, 0.3) is 0 Å². The molecule has 0 spiro atoms. The molecule has 3 aliphatic carbocycles. The largest absolute Gasteiger partial charge is 0.455 e. The molecule has 7 aromatic rings. The Balaban J connectivity index is 0.927. The summed E-state index contributed by atoms with van der Waals surface area (Å²) in [5.41, 5.74) is 14.2. The highest BCUT2D eigenvalue weighted by molar-refractivity contribution is 6.10. The number of benzene rings is 6. The number of rotatable bonds is 8. The Morgan fingerprint density at radius 3 is 1.59 bits per heavy atom. The third kappa shape index (κ3) is 6.48. The molecule has 2 nitrogen and oxygen atoms in total. The van der Waals surface area contributed by atoms with Gasteiger partial charge in [-0.15, -0.1) is 0 Å². The number of anilines is 1. The van der Waals surface area contributed by atoms with Crippen LogP contribution in [0, 0.1) is 0 Å². The first kappa shape index (κ1) is 33.9. The van der Waals surface area contributed by atoms with Crippen molar-refractivity contribution in [1.29, 1.82) is 0 Å². The number of allylic oxidation sites excluding steroid dienone is 8. The Hall–Kier alpha value is -6.64. The predicted molar refractivity (Wildman–Crippen MR) is 237 cm³/mol. The van der Waals surface area contributed by atoms with E-state index in [0.717, 1.165) is 46.9 Å². The summed E-state index contributed by atoms with van der Waals surface area (Å²) in [4.78, 5) is 2.61. The van der Waals surface area contributed by atoms with Crippen LogP contribution >= 0.6 is 0 Å². The van der Waals surface area contributed by atoms with Crippen LogP contribution in [0.5, 0.6) is 0 Å². The van der Waals surface area contributed by atoms with Crippen LogP contribution in [0.25, 0.3) is 55.3 Å². The van der Waals surface area contributed by atoms with Gasteiger partial charge in [-0.1, -0.05) is 194 Å². The lowest BCUT2D eigenvalue weighted by Crippen LogP contribution is -2.42. The lowest BCUT2D eigenvalue weighted by Gasteiger charge is -2.39. The van der Waals surface area contributed by atoms with Crippen LogP contribution in [0.4, 0.5) is 5.69 Å². The van der Waals surface area contributed by atoms with Crippen molar-refractivity contribution < 1.29 is 4.42 Å². The Bertz CT molecular complexity index is 2630. The minimum atomic E-state index is 0.252. The van der Waals surface area contributed by atoms with Gasteiger partial charge in [-0.2, -0.15) is 0 Å². The average molecular weight is 722 g/mol. The summed E-state index contributed by atoms with van der Waals surface area (Å²) < 4.78 is 6.75. The van der Waals surface area contributed by atoms with Crippen molar-refractivity contribution in [2.75, 3.05) is 4.90 Å². The van der Waals surface area contributed by atoms with Crippen molar-refractivity contribution >= 4 is 38.8 Å². The molecule has 0 N–H and O–H groups in total. The molecule has 2 heteroatoms. The van der Waals surface area contributed by atoms with Gasteiger partial charge in [0.05, 0.1) is 12.1 Å². The first-order valence-corrected chi connectivity index (χ1v) is 19.9. The van der Waals surface area contributed by atoms with Gasteiger partial charge in [0.2, 0.25) is 0 Å². The summed E-state index contributed by atoms with van der Waals surface area (Å²) >= 11 is 0. The van der Waals surface area contributed by atoms with E-state index in [4.69, 9.17) is 4.42 Å². The summed E-state index contributed by atoms with van der Waals surface area (Å²) in [7, 11) is 0. The molecule has 3 atom stereocenters. The molecule has 270 valence electrons. The Morgan fingerprint density at radius 1 is 0.446 bits per heavy atom. The van der Waals surface area contributed by atoms with Crippen LogP contribution in [0.3, 0.4) is 0 Å². The van der Waals surface area contributed by atoms with Crippen molar-refractivity contribution in [2.24, 2.45) is 0 Å². The summed E-state index contributed by atoms with van der Waals surface area (Å²) in [6.07, 6.45) is 25.9. The SMILES string of the molecule is C1=CCC(c2cccc3c2oc2c(-c4ccc(-c5ccc(N(C6C=CC(c7ccccc7)=CC6)C6C=CC(c7ccccc7)=CC6)cc5)cc4)cccc23)C=C1. The van der Waals surface area contributed by atoms with Crippen LogP contribution in [0.15, 0.2) is 211 Å². The molecule has 0 radical (unpaired) electrons. The molecule has 56 heavy (non-hydrogen) atoms. The number of hydrogen-bond acceptors (Lipinski definition) is 2. The molecular formula is C54H43NO. The molecule has 0 bridgehead atoms. The monoisotopic (exact) mass is 721 g/mol. The highest BCUT2D eigenvalue weighted by Crippen LogP contribution is 2.41. The van der Waals surface area contributed by atoms with Crippen LogP contribution < -0.4 is 4.90 Å². The first-order chi connectivity index (χ1) is 27.8. The van der Waals surface area contributed by atoms with Gasteiger partial charge in [0.1, 0.15) is 11.2 Å². The average Bonchev–Trinajstić information content (AvgIpc) is 3.68. The molecule has 0 amide bonds. The highest BCUT2D eigenvalue weighted by atomic mass is 16.3. The zero-order valence-corrected chi connectivity index (χ0v) is 31.3. The van der Waals surface area contributed by atoms with Gasteiger partial charge in [0, 0.05) is 33.5 Å². The number of nitrogens with zero attached hydrogens (tertiary/aromatic N) is 1. The second kappa shape index (κ2) is 14.9. The molecule has 3 aliphatic rings. The molecule has 0 aliphatic heterocycles. The molecule has 3 unspecified atom stereocenters. The zero-order chi connectivity index (χ0) is 37.3. The molecule has 0 saturated heterocycles. The Morgan fingerprint density at radius 2 is 1.02 bits per heavy atom. The third-order valence-corrected chi connectivity index (χ3v) is 11.7. The fourth-order valence-corrected chi connectivity index (χ4v) is 8.79. The summed E-state index contributed by atoms with van der Waals surface area (Å²) in [5, 5.41) is 2.35. The Labute approximate surface area is 329 Å². The molecule has 0 fully saturated rings. The van der Waals surface area contributed by atoms with Gasteiger partial charge >= 0.3 is 0 Å². The van der Waals surface area contributed by atoms with Gasteiger partial charge in [-0.05, 0) is 70.4 Å². The van der Waals surface area contributed by atoms with Crippen molar-refractivity contribution in [3.8, 4) is 22.3 Å². The van der Waals surface area contributed by atoms with Crippen molar-refractivity contribution in [3.05, 3.63) is 223 Å². The van der Waals surface area contributed by atoms with E-state index in [2.05, 4.69) is 211 Å². The minimum Gasteiger partial charge on any atom is -0.455 e. The van der Waals surface area contributed by atoms with Gasteiger partial charge in [0.15, 0.2) is 0 Å². The zero-order valence-electron chi connectivity index (χ0n) is 31.3. The maximum absolute atomic E-state index is 6.75. The predicted octanol–water partition coefficient (Wildman–Crippen LogP) is 14.2. The van der Waals surface area contributed by atoms with Crippen molar-refractivity contribution in [1.82, 2.24) is 0 Å². The summed E-state index contributed by atoms with van der Waals surface area (Å²) in [6, 6.07) is 53.1. The van der Waals surface area contributed by atoms with E-state index in [1.54, 1.807) is 0 Å². The fourth-order valence-electron chi connectivity index (χ4n) is 8.79. The molecule has 1 aromatic heterocycles. The second-order valence-corrected chi connectivity index (χ2v) is 15.1. The molecule has 1 heterocycles. The number of hydrogen-bond donors (Lipinski definition) is 0. The van der Waals surface area contributed by atoms with Crippen molar-refractivity contribution in [2.45, 2.75) is 37.3 Å². The molecule has 6 aromatic carbocycles. The second-order valence-electron chi connectivity index (χ2n) is 15.1. The fraction of sp³-hybridized carbons (Fsp3) is 0.111.